The van der Waals surface area contributed by atoms with Crippen LogP contribution < -0.4 is 0 Å². The summed E-state index contributed by atoms with van der Waals surface area (Å²) in [7, 11) is 3.47. The van der Waals surface area contributed by atoms with Crippen LogP contribution in [0, 0.1) is 0 Å². The highest BCUT2D eigenvalue weighted by Crippen LogP contribution is 2.07. The van der Waals surface area contributed by atoms with Crippen molar-refractivity contribution in [2.24, 2.45) is 0 Å². The van der Waals surface area contributed by atoms with Gasteiger partial charge in [0.15, 0.2) is 0 Å². The summed E-state index contributed by atoms with van der Waals surface area (Å²) in [5.41, 5.74) is 0. The molecule has 1 aliphatic rings. The molecular formula is C9H18N2O3. The van der Waals surface area contributed by atoms with E-state index in [0.29, 0.717) is 26.1 Å². The van der Waals surface area contributed by atoms with Gasteiger partial charge in [0.05, 0.1) is 19.3 Å². The Morgan fingerprint density at radius 1 is 1.57 bits per heavy atom. The Morgan fingerprint density at radius 3 is 2.86 bits per heavy atom. The zero-order valence-electron chi connectivity index (χ0n) is 8.77. The average Bonchev–Trinajstić information content (AvgIpc) is 2.41. The highest BCUT2D eigenvalue weighted by Gasteiger charge is 2.21. The van der Waals surface area contributed by atoms with Crippen LogP contribution in [0.1, 0.15) is 6.42 Å². The van der Waals surface area contributed by atoms with E-state index in [9.17, 15) is 4.79 Å². The van der Waals surface area contributed by atoms with E-state index in [1.165, 1.54) is 0 Å². The predicted molar refractivity (Wildman–Crippen MR) is 52.1 cm³/mol. The highest BCUT2D eigenvalue weighted by atomic mass is 16.5. The van der Waals surface area contributed by atoms with Crippen molar-refractivity contribution in [3.8, 4) is 0 Å². The quantitative estimate of drug-likeness (QED) is 0.638. The Hall–Kier alpha value is -0.810. The van der Waals surface area contributed by atoms with Crippen molar-refractivity contribution in [2.45, 2.75) is 12.5 Å². The first-order valence-electron chi connectivity index (χ1n) is 4.84. The van der Waals surface area contributed by atoms with Crippen molar-refractivity contribution in [1.29, 1.82) is 0 Å². The SMILES string of the molecule is CN(C)C(=O)N1CCOC(CO)CC1. The molecule has 5 nitrogen and oxygen atoms in total. The molecule has 0 bridgehead atoms. The molecule has 82 valence electrons. The van der Waals surface area contributed by atoms with Crippen LogP contribution in [0.3, 0.4) is 0 Å². The number of nitrogens with zero attached hydrogens (tertiary/aromatic N) is 2. The lowest BCUT2D eigenvalue weighted by Crippen LogP contribution is -2.40. The van der Waals surface area contributed by atoms with Crippen molar-refractivity contribution in [2.75, 3.05) is 40.4 Å². The van der Waals surface area contributed by atoms with Crippen LogP contribution in [0.2, 0.25) is 0 Å². The molecule has 1 atom stereocenters. The highest BCUT2D eigenvalue weighted by molar-refractivity contribution is 5.73. The van der Waals surface area contributed by atoms with Crippen molar-refractivity contribution in [3.05, 3.63) is 0 Å². The fraction of sp³-hybridized carbons (Fsp3) is 0.889. The second-order valence-corrected chi connectivity index (χ2v) is 3.63. The zero-order chi connectivity index (χ0) is 10.6. The summed E-state index contributed by atoms with van der Waals surface area (Å²) in [6.45, 7) is 1.80. The minimum absolute atomic E-state index is 0.00666. The fourth-order valence-corrected chi connectivity index (χ4v) is 1.44. The second-order valence-electron chi connectivity index (χ2n) is 3.63. The summed E-state index contributed by atoms with van der Waals surface area (Å²) in [6, 6.07) is 0.00666. The van der Waals surface area contributed by atoms with E-state index in [-0.39, 0.29) is 18.7 Å². The number of carbonyl (C=O) groups excluding carboxylic acids is 1. The van der Waals surface area contributed by atoms with Gasteiger partial charge < -0.3 is 19.6 Å². The monoisotopic (exact) mass is 202 g/mol. The smallest absolute Gasteiger partial charge is 0.319 e. The Balaban J connectivity index is 2.45. The van der Waals surface area contributed by atoms with Crippen LogP contribution in [0.5, 0.6) is 0 Å². The summed E-state index contributed by atoms with van der Waals surface area (Å²) in [6.07, 6.45) is 0.589. The number of aliphatic hydroxyl groups is 1. The van der Waals surface area contributed by atoms with Crippen molar-refractivity contribution in [3.63, 3.8) is 0 Å². The first-order chi connectivity index (χ1) is 6.65. The summed E-state index contributed by atoms with van der Waals surface area (Å²) < 4.78 is 5.35. The number of hydrogen-bond donors (Lipinski definition) is 1. The lowest BCUT2D eigenvalue weighted by molar-refractivity contribution is 0.0212. The maximum absolute atomic E-state index is 11.6. The average molecular weight is 202 g/mol. The van der Waals surface area contributed by atoms with E-state index >= 15 is 0 Å². The Labute approximate surface area is 84.2 Å². The molecule has 1 saturated heterocycles. The summed E-state index contributed by atoms with van der Waals surface area (Å²) in [5.74, 6) is 0. The van der Waals surface area contributed by atoms with Gasteiger partial charge in [-0.05, 0) is 6.42 Å². The van der Waals surface area contributed by atoms with E-state index in [1.54, 1.807) is 23.9 Å². The van der Waals surface area contributed by atoms with Gasteiger partial charge in [0.2, 0.25) is 0 Å². The molecular weight excluding hydrogens is 184 g/mol. The topological polar surface area (TPSA) is 53.0 Å². The van der Waals surface area contributed by atoms with Gasteiger partial charge in [-0.3, -0.25) is 0 Å². The largest absolute Gasteiger partial charge is 0.394 e. The summed E-state index contributed by atoms with van der Waals surface area (Å²) in [4.78, 5) is 14.9. The number of aliphatic hydroxyl groups excluding tert-OH is 1. The van der Waals surface area contributed by atoms with Crippen LogP contribution in [-0.2, 0) is 4.74 Å². The van der Waals surface area contributed by atoms with Gasteiger partial charge >= 0.3 is 6.03 Å². The lowest BCUT2D eigenvalue weighted by atomic mass is 10.2. The molecule has 5 heteroatoms. The molecule has 1 fully saturated rings. The Morgan fingerprint density at radius 2 is 2.29 bits per heavy atom. The minimum atomic E-state index is -0.116. The van der Waals surface area contributed by atoms with Gasteiger partial charge in [-0.1, -0.05) is 0 Å². The van der Waals surface area contributed by atoms with Crippen LogP contribution in [0.4, 0.5) is 4.79 Å². The number of hydrogen-bond acceptors (Lipinski definition) is 3. The zero-order valence-corrected chi connectivity index (χ0v) is 8.77. The fourth-order valence-electron chi connectivity index (χ4n) is 1.44. The lowest BCUT2D eigenvalue weighted by Gasteiger charge is -2.23. The number of urea groups is 1. The van der Waals surface area contributed by atoms with Gasteiger partial charge in [0, 0.05) is 27.2 Å². The molecule has 1 N–H and O–H groups in total. The third-order valence-electron chi connectivity index (χ3n) is 2.29. The second kappa shape index (κ2) is 5.17. The van der Waals surface area contributed by atoms with E-state index in [0.717, 1.165) is 0 Å². The molecule has 0 aromatic heterocycles. The summed E-state index contributed by atoms with van der Waals surface area (Å²) in [5, 5.41) is 8.91. The van der Waals surface area contributed by atoms with E-state index in [1.807, 2.05) is 0 Å². The van der Waals surface area contributed by atoms with E-state index in [2.05, 4.69) is 0 Å². The molecule has 0 aromatic carbocycles. The predicted octanol–water partition coefficient (Wildman–Crippen LogP) is -0.249. The number of carbonyl (C=O) groups is 1. The molecule has 0 aromatic rings. The first-order valence-corrected chi connectivity index (χ1v) is 4.84. The number of ether oxygens (including phenoxy) is 1. The van der Waals surface area contributed by atoms with Gasteiger partial charge in [-0.25, -0.2) is 4.79 Å². The molecule has 2 amide bonds. The molecule has 0 spiro atoms. The maximum Gasteiger partial charge on any atom is 0.319 e. The van der Waals surface area contributed by atoms with E-state index < -0.39 is 0 Å². The summed E-state index contributed by atoms with van der Waals surface area (Å²) >= 11 is 0. The Kier molecular flexibility index (Phi) is 4.16. The molecule has 0 saturated carbocycles. The van der Waals surface area contributed by atoms with Crippen LogP contribution in [-0.4, -0.2) is 67.4 Å². The molecule has 1 heterocycles. The normalized spacial score (nSPS) is 23.1. The van der Waals surface area contributed by atoms with Crippen LogP contribution in [0.25, 0.3) is 0 Å². The maximum atomic E-state index is 11.6. The molecule has 1 rings (SSSR count). The molecule has 14 heavy (non-hydrogen) atoms. The molecule has 1 aliphatic heterocycles. The molecule has 1 unspecified atom stereocenters. The third kappa shape index (κ3) is 2.85. The minimum Gasteiger partial charge on any atom is -0.394 e. The van der Waals surface area contributed by atoms with Crippen molar-refractivity contribution >= 4 is 6.03 Å². The van der Waals surface area contributed by atoms with Gasteiger partial charge in [0.1, 0.15) is 0 Å². The van der Waals surface area contributed by atoms with Crippen LogP contribution >= 0.6 is 0 Å². The first kappa shape index (κ1) is 11.3. The van der Waals surface area contributed by atoms with Crippen molar-refractivity contribution in [1.82, 2.24) is 9.80 Å². The number of amides is 2. The molecule has 0 aliphatic carbocycles. The van der Waals surface area contributed by atoms with Gasteiger partial charge in [-0.2, -0.15) is 0 Å². The molecule has 0 radical (unpaired) electrons. The third-order valence-corrected chi connectivity index (χ3v) is 2.29. The van der Waals surface area contributed by atoms with E-state index in [4.69, 9.17) is 9.84 Å². The van der Waals surface area contributed by atoms with Crippen LogP contribution in [0.15, 0.2) is 0 Å². The van der Waals surface area contributed by atoms with Gasteiger partial charge in [0.25, 0.3) is 0 Å². The standard InChI is InChI=1S/C9H18N2O3/c1-10(2)9(13)11-4-3-8(7-12)14-6-5-11/h8,12H,3-7H2,1-2H3. The van der Waals surface area contributed by atoms with Crippen molar-refractivity contribution < 1.29 is 14.6 Å². The Bertz CT molecular complexity index is 196. The van der Waals surface area contributed by atoms with Gasteiger partial charge in [-0.15, -0.1) is 0 Å². The number of rotatable bonds is 1.